The van der Waals surface area contributed by atoms with Crippen LogP contribution in [0.25, 0.3) is 0 Å². The first-order valence-corrected chi connectivity index (χ1v) is 11.3. The lowest BCUT2D eigenvalue weighted by atomic mass is 10.1. The van der Waals surface area contributed by atoms with E-state index < -0.39 is 9.84 Å². The van der Waals surface area contributed by atoms with Crippen molar-refractivity contribution in [2.75, 3.05) is 12.8 Å². The van der Waals surface area contributed by atoms with Gasteiger partial charge < -0.3 is 9.09 Å². The first-order valence-electron chi connectivity index (χ1n) is 9.68. The maximum atomic E-state index is 12.8. The highest BCUT2D eigenvalue weighted by atomic mass is 32.2. The zero-order chi connectivity index (χ0) is 19.9. The SMILES string of the molecule is CCCCn1c(CN(C)Cc2ccno2)cnc1S(=O)(=O)CCCC(C)C. The molecule has 8 heteroatoms. The van der Waals surface area contributed by atoms with E-state index in [4.69, 9.17) is 4.52 Å². The number of hydrogen-bond acceptors (Lipinski definition) is 6. The molecule has 0 spiro atoms. The van der Waals surface area contributed by atoms with Crippen LogP contribution in [-0.4, -0.2) is 40.8 Å². The molecule has 2 aromatic rings. The second-order valence-electron chi connectivity index (χ2n) is 7.54. The summed E-state index contributed by atoms with van der Waals surface area (Å²) in [6.07, 6.45) is 6.81. The predicted molar refractivity (Wildman–Crippen MR) is 105 cm³/mol. The van der Waals surface area contributed by atoms with Crippen LogP contribution in [0, 0.1) is 5.92 Å². The molecule has 0 saturated heterocycles. The van der Waals surface area contributed by atoms with Crippen LogP contribution in [0.15, 0.2) is 28.1 Å². The zero-order valence-electron chi connectivity index (χ0n) is 16.9. The van der Waals surface area contributed by atoms with Crippen LogP contribution >= 0.6 is 0 Å². The minimum Gasteiger partial charge on any atom is -0.360 e. The molecule has 2 rings (SSSR count). The molecule has 0 fully saturated rings. The first kappa shape index (κ1) is 21.6. The summed E-state index contributed by atoms with van der Waals surface area (Å²) in [5, 5.41) is 3.93. The highest BCUT2D eigenvalue weighted by Crippen LogP contribution is 2.18. The van der Waals surface area contributed by atoms with Crippen molar-refractivity contribution in [2.24, 2.45) is 5.92 Å². The summed E-state index contributed by atoms with van der Waals surface area (Å²) in [6.45, 7) is 8.19. The summed E-state index contributed by atoms with van der Waals surface area (Å²) in [4.78, 5) is 6.37. The molecule has 0 atom stereocenters. The first-order chi connectivity index (χ1) is 12.8. The normalized spacial score (nSPS) is 12.4. The molecule has 2 heterocycles. The Morgan fingerprint density at radius 3 is 2.67 bits per heavy atom. The third-order valence-electron chi connectivity index (χ3n) is 4.46. The van der Waals surface area contributed by atoms with E-state index in [-0.39, 0.29) is 10.9 Å². The lowest BCUT2D eigenvalue weighted by Crippen LogP contribution is -2.21. The van der Waals surface area contributed by atoms with E-state index in [0.717, 1.165) is 30.7 Å². The molecule has 0 unspecified atom stereocenters. The monoisotopic (exact) mass is 396 g/mol. The molecule has 0 aromatic carbocycles. The molecule has 0 aliphatic heterocycles. The molecule has 7 nitrogen and oxygen atoms in total. The van der Waals surface area contributed by atoms with Crippen molar-refractivity contribution in [3.8, 4) is 0 Å². The Kier molecular flexibility index (Phi) is 8.04. The van der Waals surface area contributed by atoms with Crippen LogP contribution in [0.1, 0.15) is 57.9 Å². The van der Waals surface area contributed by atoms with Crippen molar-refractivity contribution in [1.29, 1.82) is 0 Å². The van der Waals surface area contributed by atoms with Crippen LogP contribution in [0.4, 0.5) is 0 Å². The van der Waals surface area contributed by atoms with Crippen LogP contribution < -0.4 is 0 Å². The van der Waals surface area contributed by atoms with Gasteiger partial charge >= 0.3 is 0 Å². The van der Waals surface area contributed by atoms with E-state index in [1.54, 1.807) is 12.4 Å². The van der Waals surface area contributed by atoms with E-state index >= 15 is 0 Å². The Hall–Kier alpha value is -1.67. The van der Waals surface area contributed by atoms with Gasteiger partial charge in [-0.15, -0.1) is 0 Å². The Morgan fingerprint density at radius 2 is 2.04 bits per heavy atom. The van der Waals surface area contributed by atoms with Crippen molar-refractivity contribution in [3.05, 3.63) is 29.9 Å². The molecule has 0 saturated carbocycles. The molecule has 27 heavy (non-hydrogen) atoms. The molecule has 0 N–H and O–H groups in total. The number of aromatic nitrogens is 3. The predicted octanol–water partition coefficient (Wildman–Crippen LogP) is 3.51. The fraction of sp³-hybridized carbons (Fsp3) is 0.684. The van der Waals surface area contributed by atoms with Gasteiger partial charge in [-0.3, -0.25) is 4.90 Å². The van der Waals surface area contributed by atoms with Gasteiger partial charge in [0.15, 0.2) is 5.76 Å². The van der Waals surface area contributed by atoms with Crippen molar-refractivity contribution in [1.82, 2.24) is 19.6 Å². The van der Waals surface area contributed by atoms with Gasteiger partial charge in [-0.25, -0.2) is 13.4 Å². The van der Waals surface area contributed by atoms with Gasteiger partial charge in [0.2, 0.25) is 15.0 Å². The van der Waals surface area contributed by atoms with Crippen molar-refractivity contribution >= 4 is 9.84 Å². The van der Waals surface area contributed by atoms with Gasteiger partial charge in [-0.05, 0) is 32.2 Å². The molecule has 0 radical (unpaired) electrons. The molecule has 2 aromatic heterocycles. The summed E-state index contributed by atoms with van der Waals surface area (Å²) in [6, 6.07) is 1.83. The second-order valence-corrected chi connectivity index (χ2v) is 9.55. The minimum atomic E-state index is -3.38. The van der Waals surface area contributed by atoms with Gasteiger partial charge in [-0.1, -0.05) is 32.3 Å². The van der Waals surface area contributed by atoms with Gasteiger partial charge in [0.05, 0.1) is 30.4 Å². The van der Waals surface area contributed by atoms with Crippen LogP contribution in [0.2, 0.25) is 0 Å². The number of hydrogen-bond donors (Lipinski definition) is 0. The molecule has 152 valence electrons. The fourth-order valence-electron chi connectivity index (χ4n) is 3.02. The van der Waals surface area contributed by atoms with Crippen LogP contribution in [-0.2, 0) is 29.5 Å². The second kappa shape index (κ2) is 10.0. The number of sulfone groups is 1. The van der Waals surface area contributed by atoms with Gasteiger partial charge in [-0.2, -0.15) is 0 Å². The fourth-order valence-corrected chi connectivity index (χ4v) is 4.50. The largest absolute Gasteiger partial charge is 0.360 e. The molecular formula is C19H32N4O3S. The Morgan fingerprint density at radius 1 is 1.26 bits per heavy atom. The topological polar surface area (TPSA) is 81.2 Å². The zero-order valence-corrected chi connectivity index (χ0v) is 17.7. The van der Waals surface area contributed by atoms with Crippen molar-refractivity contribution in [2.45, 2.75) is 71.2 Å². The number of unbranched alkanes of at least 4 members (excludes halogenated alkanes) is 1. The number of nitrogens with zero attached hydrogens (tertiary/aromatic N) is 4. The van der Waals surface area contributed by atoms with E-state index in [1.807, 2.05) is 17.7 Å². The van der Waals surface area contributed by atoms with Crippen LogP contribution in [0.5, 0.6) is 0 Å². The highest BCUT2D eigenvalue weighted by Gasteiger charge is 2.23. The summed E-state index contributed by atoms with van der Waals surface area (Å²) in [5.41, 5.74) is 0.910. The average molecular weight is 397 g/mol. The summed E-state index contributed by atoms with van der Waals surface area (Å²) in [5.74, 6) is 1.43. The summed E-state index contributed by atoms with van der Waals surface area (Å²) >= 11 is 0. The summed E-state index contributed by atoms with van der Waals surface area (Å²) < 4.78 is 32.7. The number of imidazole rings is 1. The smallest absolute Gasteiger partial charge is 0.227 e. The number of rotatable bonds is 12. The third kappa shape index (κ3) is 6.46. The molecule has 0 amide bonds. The Balaban J connectivity index is 2.15. The van der Waals surface area contributed by atoms with Gasteiger partial charge in [0.25, 0.3) is 0 Å². The van der Waals surface area contributed by atoms with Crippen molar-refractivity contribution in [3.63, 3.8) is 0 Å². The summed E-state index contributed by atoms with van der Waals surface area (Å²) in [7, 11) is -1.41. The quantitative estimate of drug-likeness (QED) is 0.546. The molecular weight excluding hydrogens is 364 g/mol. The van der Waals surface area contributed by atoms with E-state index in [9.17, 15) is 8.42 Å². The lowest BCUT2D eigenvalue weighted by molar-refractivity contribution is 0.260. The Labute approximate surface area is 162 Å². The van der Waals surface area contributed by atoms with E-state index in [2.05, 4.69) is 35.8 Å². The van der Waals surface area contributed by atoms with E-state index in [1.165, 1.54) is 0 Å². The van der Waals surface area contributed by atoms with E-state index in [0.29, 0.717) is 32.0 Å². The Bertz CT molecular complexity index is 782. The highest BCUT2D eigenvalue weighted by molar-refractivity contribution is 7.91. The molecule has 0 aliphatic carbocycles. The van der Waals surface area contributed by atoms with Crippen molar-refractivity contribution < 1.29 is 12.9 Å². The average Bonchev–Trinajstić information content (AvgIpc) is 3.22. The maximum Gasteiger partial charge on any atom is 0.227 e. The molecule has 0 bridgehead atoms. The molecule has 0 aliphatic rings. The van der Waals surface area contributed by atoms with Crippen LogP contribution in [0.3, 0.4) is 0 Å². The van der Waals surface area contributed by atoms with Gasteiger partial charge in [0.1, 0.15) is 0 Å². The van der Waals surface area contributed by atoms with Gasteiger partial charge in [0, 0.05) is 19.2 Å². The maximum absolute atomic E-state index is 12.8. The third-order valence-corrected chi connectivity index (χ3v) is 6.17. The lowest BCUT2D eigenvalue weighted by Gasteiger charge is -2.17. The minimum absolute atomic E-state index is 0.154. The standard InChI is InChI=1S/C19H32N4O3S/c1-5-6-11-23-17(14-22(4)15-18-9-10-21-26-18)13-20-19(23)27(24,25)12-7-8-16(2)3/h9-10,13,16H,5-8,11-12,14-15H2,1-4H3.